The summed E-state index contributed by atoms with van der Waals surface area (Å²) in [6.07, 6.45) is 3.16. The number of carbonyl (C=O) groups excluding carboxylic acids is 1. The van der Waals surface area contributed by atoms with Gasteiger partial charge in [-0.1, -0.05) is 31.5 Å². The smallest absolute Gasteiger partial charge is 0.330 e. The van der Waals surface area contributed by atoms with Crippen LogP contribution in [0, 0.1) is 0 Å². The highest BCUT2D eigenvalue weighted by Crippen LogP contribution is 2.40. The third-order valence-electron chi connectivity index (χ3n) is 3.67. The van der Waals surface area contributed by atoms with E-state index in [1.165, 1.54) is 28.4 Å². The Morgan fingerprint density at radius 2 is 2.30 bits per heavy atom. The second-order valence-electron chi connectivity index (χ2n) is 5.33. The molecule has 0 aromatic rings. The SMILES string of the molecule is CCCCCOC(=S)SCC1=CS[C@@H]2C(N)C(=O)N2C1C(=O)O. The number of thiocarbonyl (C=S) groups is 1. The Morgan fingerprint density at radius 1 is 1.57 bits per heavy atom. The summed E-state index contributed by atoms with van der Waals surface area (Å²) < 4.78 is 5.85. The van der Waals surface area contributed by atoms with Gasteiger partial charge >= 0.3 is 5.97 Å². The molecule has 0 bridgehead atoms. The second kappa shape index (κ2) is 8.36. The number of carboxylic acids is 1. The number of aliphatic carboxylic acids is 1. The van der Waals surface area contributed by atoms with Crippen molar-refractivity contribution in [2.75, 3.05) is 12.4 Å². The summed E-state index contributed by atoms with van der Waals surface area (Å²) in [5.74, 6) is -0.969. The Balaban J connectivity index is 1.88. The fourth-order valence-corrected chi connectivity index (χ4v) is 4.64. The fourth-order valence-electron chi connectivity index (χ4n) is 2.42. The monoisotopic (exact) mass is 376 g/mol. The summed E-state index contributed by atoms with van der Waals surface area (Å²) in [4.78, 5) is 24.7. The van der Waals surface area contributed by atoms with Crippen molar-refractivity contribution in [2.45, 2.75) is 43.6 Å². The number of unbranched alkanes of at least 4 members (excludes halogenated alkanes) is 2. The third kappa shape index (κ3) is 4.20. The van der Waals surface area contributed by atoms with Crippen molar-refractivity contribution in [3.63, 3.8) is 0 Å². The van der Waals surface area contributed by atoms with Gasteiger partial charge in [0.15, 0.2) is 6.04 Å². The molecule has 2 aliphatic heterocycles. The molecule has 23 heavy (non-hydrogen) atoms. The lowest BCUT2D eigenvalue weighted by atomic mass is 10.00. The minimum Gasteiger partial charge on any atom is -0.479 e. The molecular formula is C14H20N2O4S3. The van der Waals surface area contributed by atoms with E-state index in [4.69, 9.17) is 22.7 Å². The lowest BCUT2D eigenvalue weighted by Crippen LogP contribution is -2.72. The van der Waals surface area contributed by atoms with Gasteiger partial charge in [0.25, 0.3) is 0 Å². The van der Waals surface area contributed by atoms with E-state index in [0.717, 1.165) is 19.3 Å². The molecule has 3 N–H and O–H groups in total. The quantitative estimate of drug-likeness (QED) is 0.395. The predicted octanol–water partition coefficient (Wildman–Crippen LogP) is 1.79. The van der Waals surface area contributed by atoms with E-state index in [0.29, 0.717) is 22.3 Å². The van der Waals surface area contributed by atoms with Crippen molar-refractivity contribution in [3.8, 4) is 0 Å². The van der Waals surface area contributed by atoms with Crippen LogP contribution in [0.4, 0.5) is 0 Å². The number of hydrogen-bond donors (Lipinski definition) is 2. The van der Waals surface area contributed by atoms with E-state index >= 15 is 0 Å². The van der Waals surface area contributed by atoms with Crippen molar-refractivity contribution in [3.05, 3.63) is 11.0 Å². The number of carboxylic acid groups (broad SMARTS) is 1. The van der Waals surface area contributed by atoms with E-state index in [1.807, 2.05) is 0 Å². The number of β-lactam (4-membered cyclic amide) rings is 1. The molecule has 9 heteroatoms. The van der Waals surface area contributed by atoms with Crippen LogP contribution in [-0.2, 0) is 14.3 Å². The number of hydrogen-bond acceptors (Lipinski definition) is 7. The second-order valence-corrected chi connectivity index (χ2v) is 7.89. The third-order valence-corrected chi connectivity index (χ3v) is 6.21. The van der Waals surface area contributed by atoms with Gasteiger partial charge < -0.3 is 20.5 Å². The van der Waals surface area contributed by atoms with Gasteiger partial charge in [-0.05, 0) is 29.6 Å². The summed E-state index contributed by atoms with van der Waals surface area (Å²) in [5, 5.41) is 11.0. The maximum absolute atomic E-state index is 11.8. The van der Waals surface area contributed by atoms with Crippen LogP contribution in [0.1, 0.15) is 26.2 Å². The molecule has 0 aromatic carbocycles. The zero-order chi connectivity index (χ0) is 17.0. The van der Waals surface area contributed by atoms with Crippen LogP contribution in [0.25, 0.3) is 0 Å². The molecule has 6 nitrogen and oxygen atoms in total. The zero-order valence-electron chi connectivity index (χ0n) is 12.8. The summed E-state index contributed by atoms with van der Waals surface area (Å²) in [5.41, 5.74) is 6.35. The van der Waals surface area contributed by atoms with Crippen molar-refractivity contribution in [2.24, 2.45) is 5.73 Å². The molecule has 3 atom stereocenters. The van der Waals surface area contributed by atoms with E-state index in [-0.39, 0.29) is 11.3 Å². The topological polar surface area (TPSA) is 92.9 Å². The van der Waals surface area contributed by atoms with E-state index in [9.17, 15) is 14.7 Å². The van der Waals surface area contributed by atoms with Gasteiger partial charge in [-0.15, -0.1) is 11.8 Å². The molecule has 2 aliphatic rings. The first-order valence-electron chi connectivity index (χ1n) is 7.42. The minimum atomic E-state index is -1.04. The maximum Gasteiger partial charge on any atom is 0.330 e. The van der Waals surface area contributed by atoms with E-state index in [2.05, 4.69) is 6.92 Å². The summed E-state index contributed by atoms with van der Waals surface area (Å²) in [6, 6.07) is -1.57. The molecule has 128 valence electrons. The van der Waals surface area contributed by atoms with Crippen molar-refractivity contribution in [1.82, 2.24) is 4.90 Å². The van der Waals surface area contributed by atoms with Crippen molar-refractivity contribution < 1.29 is 19.4 Å². The lowest BCUT2D eigenvalue weighted by Gasteiger charge is -2.50. The number of rotatable bonds is 7. The largest absolute Gasteiger partial charge is 0.479 e. The molecule has 2 unspecified atom stereocenters. The molecular weight excluding hydrogens is 356 g/mol. The highest BCUT2D eigenvalue weighted by molar-refractivity contribution is 8.22. The number of amides is 1. The Labute approximate surface area is 149 Å². The number of fused-ring (bicyclic) bond motifs is 1. The van der Waals surface area contributed by atoms with Crippen LogP contribution < -0.4 is 5.73 Å². The molecule has 2 rings (SSSR count). The number of carbonyl (C=O) groups is 2. The van der Waals surface area contributed by atoms with Crippen LogP contribution in [0.15, 0.2) is 11.0 Å². The highest BCUT2D eigenvalue weighted by Gasteiger charge is 2.53. The fraction of sp³-hybridized carbons (Fsp3) is 0.643. The average molecular weight is 377 g/mol. The first-order valence-corrected chi connectivity index (χ1v) is 9.75. The van der Waals surface area contributed by atoms with Crippen LogP contribution in [0.3, 0.4) is 0 Å². The van der Waals surface area contributed by atoms with Crippen LogP contribution in [0.2, 0.25) is 0 Å². The molecule has 1 amide bonds. The molecule has 0 aliphatic carbocycles. The molecule has 0 radical (unpaired) electrons. The predicted molar refractivity (Wildman–Crippen MR) is 96.2 cm³/mol. The van der Waals surface area contributed by atoms with Gasteiger partial charge in [0.05, 0.1) is 6.61 Å². The average Bonchev–Trinajstić information content (AvgIpc) is 2.55. The number of ether oxygens (including phenoxy) is 1. The normalized spacial score (nSPS) is 26.2. The highest BCUT2D eigenvalue weighted by atomic mass is 32.2. The van der Waals surface area contributed by atoms with E-state index < -0.39 is 18.1 Å². The molecule has 1 saturated heterocycles. The van der Waals surface area contributed by atoms with Gasteiger partial charge in [0, 0.05) is 5.75 Å². The lowest BCUT2D eigenvalue weighted by molar-refractivity contribution is -0.157. The van der Waals surface area contributed by atoms with Gasteiger partial charge in [-0.2, -0.15) is 0 Å². The molecule has 2 heterocycles. The van der Waals surface area contributed by atoms with Crippen molar-refractivity contribution >= 4 is 52.0 Å². The molecule has 1 fully saturated rings. The van der Waals surface area contributed by atoms with Crippen LogP contribution >= 0.6 is 35.7 Å². The summed E-state index contributed by atoms with van der Waals surface area (Å²) in [6.45, 7) is 2.69. The van der Waals surface area contributed by atoms with Crippen LogP contribution in [-0.4, -0.2) is 56.1 Å². The summed E-state index contributed by atoms with van der Waals surface area (Å²) >= 11 is 7.82. The first-order chi connectivity index (χ1) is 11.0. The maximum atomic E-state index is 11.8. The number of thioether (sulfide) groups is 2. The zero-order valence-corrected chi connectivity index (χ0v) is 15.2. The summed E-state index contributed by atoms with van der Waals surface area (Å²) in [7, 11) is 0. The standard InChI is InChI=1S/C14H20N2O4S3/c1-2-3-4-5-20-14(21)23-7-8-6-22-12-9(15)11(17)16(12)10(8)13(18)19/h6,9-10,12H,2-5,7,15H2,1H3,(H,18,19)/t9?,10?,12-/m1/s1. The number of nitrogens with two attached hydrogens (primary N) is 1. The number of nitrogens with zero attached hydrogens (tertiary/aromatic N) is 1. The molecule has 0 spiro atoms. The van der Waals surface area contributed by atoms with Crippen molar-refractivity contribution in [1.29, 1.82) is 0 Å². The molecule has 0 saturated carbocycles. The van der Waals surface area contributed by atoms with Gasteiger partial charge in [-0.3, -0.25) is 4.79 Å². The van der Waals surface area contributed by atoms with Gasteiger partial charge in [0.1, 0.15) is 11.4 Å². The van der Waals surface area contributed by atoms with Crippen LogP contribution in [0.5, 0.6) is 0 Å². The minimum absolute atomic E-state index is 0.283. The Kier molecular flexibility index (Phi) is 6.75. The Hall–Kier alpha value is -0.770. The Bertz CT molecular complexity index is 526. The van der Waals surface area contributed by atoms with E-state index in [1.54, 1.807) is 5.41 Å². The first kappa shape index (κ1) is 18.6. The Morgan fingerprint density at radius 3 is 2.96 bits per heavy atom. The molecule has 0 aromatic heterocycles. The van der Waals surface area contributed by atoms with Gasteiger partial charge in [0.2, 0.25) is 10.3 Å². The van der Waals surface area contributed by atoms with Gasteiger partial charge in [-0.25, -0.2) is 4.79 Å².